The number of aliphatic imine (C=N–C) groups is 1. The van der Waals surface area contributed by atoms with E-state index in [9.17, 15) is 4.79 Å². The van der Waals surface area contributed by atoms with Crippen LogP contribution in [0.15, 0.2) is 4.99 Å². The van der Waals surface area contributed by atoms with Gasteiger partial charge in [-0.25, -0.2) is 4.79 Å². The molecule has 0 spiro atoms. The molecule has 30 heavy (non-hydrogen) atoms. The Morgan fingerprint density at radius 2 is 2.07 bits per heavy atom. The molecule has 2 heterocycles. The van der Waals surface area contributed by atoms with E-state index in [1.54, 1.807) is 0 Å². The van der Waals surface area contributed by atoms with E-state index in [1.807, 2.05) is 25.7 Å². The minimum atomic E-state index is -0.480. The van der Waals surface area contributed by atoms with E-state index in [-0.39, 0.29) is 12.1 Å². The Kier molecular flexibility index (Phi) is 10.7. The lowest BCUT2D eigenvalue weighted by Crippen LogP contribution is -2.48. The minimum absolute atomic E-state index is 0.0843. The maximum Gasteiger partial charge on any atom is 0.410 e. The Balaban J connectivity index is 1.74. The molecule has 0 bridgehead atoms. The van der Waals surface area contributed by atoms with Gasteiger partial charge < -0.3 is 29.7 Å². The van der Waals surface area contributed by atoms with E-state index in [4.69, 9.17) is 19.2 Å². The fraction of sp³-hybridized carbons (Fsp3) is 0.909. The number of guanidine groups is 1. The molecular weight excluding hydrogens is 384 g/mol. The molecular formula is C22H42N4O4. The second-order valence-electron chi connectivity index (χ2n) is 9.13. The zero-order valence-corrected chi connectivity index (χ0v) is 19.4. The highest BCUT2D eigenvalue weighted by Gasteiger charge is 2.30. The largest absolute Gasteiger partial charge is 0.444 e. The van der Waals surface area contributed by atoms with Crippen LogP contribution in [0.1, 0.15) is 59.8 Å². The van der Waals surface area contributed by atoms with Gasteiger partial charge in [-0.3, -0.25) is 4.99 Å². The van der Waals surface area contributed by atoms with Crippen LogP contribution in [0.5, 0.6) is 0 Å². The minimum Gasteiger partial charge on any atom is -0.444 e. The third kappa shape index (κ3) is 9.51. The Labute approximate surface area is 182 Å². The summed E-state index contributed by atoms with van der Waals surface area (Å²) in [6, 6.07) is 0.0843. The van der Waals surface area contributed by atoms with Gasteiger partial charge in [-0.1, -0.05) is 0 Å². The van der Waals surface area contributed by atoms with Crippen molar-refractivity contribution in [2.75, 3.05) is 52.6 Å². The van der Waals surface area contributed by atoms with E-state index in [1.165, 1.54) is 0 Å². The average molecular weight is 427 g/mol. The standard InChI is InChI=1S/C22H42N4O4/c1-5-23-20(24-11-8-13-28-16-18-10-14-29-17-18)25-15-19-9-6-7-12-26(19)21(27)30-22(2,3)4/h18-19H,5-17H2,1-4H3,(H2,23,24,25). The lowest BCUT2D eigenvalue weighted by atomic mass is 10.0. The van der Waals surface area contributed by atoms with Crippen LogP contribution in [-0.4, -0.2) is 81.2 Å². The summed E-state index contributed by atoms with van der Waals surface area (Å²) < 4.78 is 16.7. The van der Waals surface area contributed by atoms with E-state index >= 15 is 0 Å². The Hall–Kier alpha value is -1.54. The number of hydrogen-bond acceptors (Lipinski definition) is 5. The van der Waals surface area contributed by atoms with E-state index in [0.717, 1.165) is 84.1 Å². The molecule has 2 rings (SSSR count). The van der Waals surface area contributed by atoms with Gasteiger partial charge in [0.15, 0.2) is 5.96 Å². The van der Waals surface area contributed by atoms with Crippen molar-refractivity contribution in [1.82, 2.24) is 15.5 Å². The quantitative estimate of drug-likeness (QED) is 0.335. The molecule has 0 aromatic carbocycles. The maximum absolute atomic E-state index is 12.6. The second kappa shape index (κ2) is 13.0. The summed E-state index contributed by atoms with van der Waals surface area (Å²) in [7, 11) is 0. The van der Waals surface area contributed by atoms with Crippen LogP contribution in [0.4, 0.5) is 4.79 Å². The van der Waals surface area contributed by atoms with Crippen molar-refractivity contribution < 1.29 is 19.0 Å². The molecule has 174 valence electrons. The van der Waals surface area contributed by atoms with Gasteiger partial charge in [0, 0.05) is 38.8 Å². The number of likely N-dealkylation sites (tertiary alicyclic amines) is 1. The molecule has 2 aliphatic rings. The summed E-state index contributed by atoms with van der Waals surface area (Å²) in [6.45, 7) is 13.9. The van der Waals surface area contributed by atoms with E-state index in [2.05, 4.69) is 17.6 Å². The van der Waals surface area contributed by atoms with Crippen LogP contribution in [-0.2, 0) is 14.2 Å². The zero-order valence-electron chi connectivity index (χ0n) is 19.4. The van der Waals surface area contributed by atoms with Crippen molar-refractivity contribution in [2.45, 2.75) is 71.4 Å². The van der Waals surface area contributed by atoms with Gasteiger partial charge in [-0.15, -0.1) is 0 Å². The first-order chi connectivity index (χ1) is 14.4. The maximum atomic E-state index is 12.6. The van der Waals surface area contributed by atoms with Gasteiger partial charge in [0.1, 0.15) is 5.60 Å². The van der Waals surface area contributed by atoms with Crippen LogP contribution < -0.4 is 10.6 Å². The summed E-state index contributed by atoms with van der Waals surface area (Å²) in [5.41, 5.74) is -0.480. The monoisotopic (exact) mass is 426 g/mol. The molecule has 2 aliphatic heterocycles. The third-order valence-corrected chi connectivity index (χ3v) is 5.19. The smallest absolute Gasteiger partial charge is 0.410 e. The number of ether oxygens (including phenoxy) is 3. The summed E-state index contributed by atoms with van der Waals surface area (Å²) in [4.78, 5) is 19.1. The molecule has 8 nitrogen and oxygen atoms in total. The molecule has 0 saturated carbocycles. The summed E-state index contributed by atoms with van der Waals surface area (Å²) >= 11 is 0. The van der Waals surface area contributed by atoms with Crippen molar-refractivity contribution >= 4 is 12.1 Å². The number of hydrogen-bond donors (Lipinski definition) is 2. The molecule has 2 unspecified atom stereocenters. The van der Waals surface area contributed by atoms with Crippen molar-refractivity contribution in [3.63, 3.8) is 0 Å². The van der Waals surface area contributed by atoms with Gasteiger partial charge in [0.05, 0.1) is 25.8 Å². The van der Waals surface area contributed by atoms with Gasteiger partial charge >= 0.3 is 6.09 Å². The number of rotatable bonds is 9. The van der Waals surface area contributed by atoms with Crippen LogP contribution in [0.25, 0.3) is 0 Å². The molecule has 0 aromatic rings. The topological polar surface area (TPSA) is 84.4 Å². The number of carbonyl (C=O) groups is 1. The number of nitrogens with one attached hydrogen (secondary N) is 2. The first kappa shape index (κ1) is 24.7. The second-order valence-corrected chi connectivity index (χ2v) is 9.13. The molecule has 2 N–H and O–H groups in total. The van der Waals surface area contributed by atoms with Crippen LogP contribution >= 0.6 is 0 Å². The fourth-order valence-corrected chi connectivity index (χ4v) is 3.64. The number of piperidine rings is 1. The first-order valence-electron chi connectivity index (χ1n) is 11.6. The lowest BCUT2D eigenvalue weighted by molar-refractivity contribution is 0.0109. The predicted molar refractivity (Wildman–Crippen MR) is 119 cm³/mol. The van der Waals surface area contributed by atoms with Gasteiger partial charge in [-0.2, -0.15) is 0 Å². The Bertz CT molecular complexity index is 530. The van der Waals surface area contributed by atoms with Crippen molar-refractivity contribution in [2.24, 2.45) is 10.9 Å². The molecule has 2 saturated heterocycles. The lowest BCUT2D eigenvalue weighted by Gasteiger charge is -2.36. The normalized spacial score (nSPS) is 22.8. The number of amides is 1. The highest BCUT2D eigenvalue weighted by molar-refractivity contribution is 5.79. The number of carbonyl (C=O) groups excluding carboxylic acids is 1. The number of nitrogens with zero attached hydrogens (tertiary/aromatic N) is 2. The molecule has 1 amide bonds. The SMILES string of the molecule is CCNC(=NCC1CCCCN1C(=O)OC(C)(C)C)NCCCOCC1CCOC1. The summed E-state index contributed by atoms with van der Waals surface area (Å²) in [6.07, 6.45) is 4.89. The highest BCUT2D eigenvalue weighted by Crippen LogP contribution is 2.20. The van der Waals surface area contributed by atoms with Gasteiger partial charge in [-0.05, 0) is 59.8 Å². The predicted octanol–water partition coefficient (Wildman–Crippen LogP) is 2.77. The molecule has 8 heteroatoms. The van der Waals surface area contributed by atoms with Crippen LogP contribution in [0.3, 0.4) is 0 Å². The van der Waals surface area contributed by atoms with Gasteiger partial charge in [0.25, 0.3) is 0 Å². The van der Waals surface area contributed by atoms with Crippen molar-refractivity contribution in [3.05, 3.63) is 0 Å². The van der Waals surface area contributed by atoms with E-state index in [0.29, 0.717) is 12.5 Å². The first-order valence-corrected chi connectivity index (χ1v) is 11.6. The van der Waals surface area contributed by atoms with Gasteiger partial charge in [0.2, 0.25) is 0 Å². The average Bonchev–Trinajstić information content (AvgIpc) is 3.21. The molecule has 0 aromatic heterocycles. The Morgan fingerprint density at radius 3 is 2.77 bits per heavy atom. The molecule has 0 aliphatic carbocycles. The molecule has 2 fully saturated rings. The van der Waals surface area contributed by atoms with Crippen molar-refractivity contribution in [1.29, 1.82) is 0 Å². The van der Waals surface area contributed by atoms with Crippen LogP contribution in [0.2, 0.25) is 0 Å². The zero-order chi connectivity index (χ0) is 21.8. The molecule has 2 atom stereocenters. The van der Waals surface area contributed by atoms with Crippen molar-refractivity contribution in [3.8, 4) is 0 Å². The third-order valence-electron chi connectivity index (χ3n) is 5.19. The fourth-order valence-electron chi connectivity index (χ4n) is 3.64. The molecule has 0 radical (unpaired) electrons. The van der Waals surface area contributed by atoms with E-state index < -0.39 is 5.60 Å². The Morgan fingerprint density at radius 1 is 1.23 bits per heavy atom. The summed E-state index contributed by atoms with van der Waals surface area (Å²) in [5, 5.41) is 6.66. The highest BCUT2D eigenvalue weighted by atomic mass is 16.6. The van der Waals surface area contributed by atoms with Crippen LogP contribution in [0, 0.1) is 5.92 Å². The summed E-state index contributed by atoms with van der Waals surface area (Å²) in [5.74, 6) is 1.34.